The average molecular weight is 229 g/mol. The van der Waals surface area contributed by atoms with Crippen molar-refractivity contribution in [2.45, 2.75) is 32.2 Å². The maximum absolute atomic E-state index is 8.61. The van der Waals surface area contributed by atoms with E-state index < -0.39 is 0 Å². The van der Waals surface area contributed by atoms with Gasteiger partial charge in [0.25, 0.3) is 0 Å². The standard InChI is InChI=1S/C14H19N3/c1-14(2)11-17(10-6-5-9-15)13-8-4-3-7-12(13)16-14/h3-4,7-8,16H,5-6,10-11H2,1-2H3. The van der Waals surface area contributed by atoms with Gasteiger partial charge >= 0.3 is 0 Å². The monoisotopic (exact) mass is 229 g/mol. The Kier molecular flexibility index (Phi) is 3.23. The number of anilines is 2. The number of nitrogens with zero attached hydrogens (tertiary/aromatic N) is 2. The zero-order valence-electron chi connectivity index (χ0n) is 10.5. The van der Waals surface area contributed by atoms with E-state index in [0.717, 1.165) is 19.5 Å². The van der Waals surface area contributed by atoms with E-state index in [1.165, 1.54) is 11.4 Å². The lowest BCUT2D eigenvalue weighted by molar-refractivity contribution is 0.527. The quantitative estimate of drug-likeness (QED) is 0.810. The van der Waals surface area contributed by atoms with Crippen LogP contribution in [0.3, 0.4) is 0 Å². The zero-order valence-corrected chi connectivity index (χ0v) is 10.5. The van der Waals surface area contributed by atoms with E-state index in [2.05, 4.69) is 54.4 Å². The van der Waals surface area contributed by atoms with Crippen molar-refractivity contribution in [2.24, 2.45) is 0 Å². The van der Waals surface area contributed by atoms with Gasteiger partial charge in [-0.05, 0) is 32.4 Å². The van der Waals surface area contributed by atoms with Gasteiger partial charge in [0.2, 0.25) is 0 Å². The highest BCUT2D eigenvalue weighted by Gasteiger charge is 2.28. The van der Waals surface area contributed by atoms with Gasteiger partial charge < -0.3 is 10.2 Å². The van der Waals surface area contributed by atoms with Crippen LogP contribution in [0.1, 0.15) is 26.7 Å². The number of fused-ring (bicyclic) bond motifs is 1. The van der Waals surface area contributed by atoms with Crippen LogP contribution in [-0.4, -0.2) is 18.6 Å². The van der Waals surface area contributed by atoms with E-state index in [-0.39, 0.29) is 5.54 Å². The maximum Gasteiger partial charge on any atom is 0.0622 e. The topological polar surface area (TPSA) is 39.1 Å². The summed E-state index contributed by atoms with van der Waals surface area (Å²) < 4.78 is 0. The Labute approximate surface area is 103 Å². The maximum atomic E-state index is 8.61. The molecule has 1 aliphatic rings. The third-order valence-electron chi connectivity index (χ3n) is 3.02. The second-order valence-electron chi connectivity index (χ2n) is 5.21. The van der Waals surface area contributed by atoms with Crippen LogP contribution in [0.15, 0.2) is 24.3 Å². The molecule has 1 aliphatic heterocycles. The fourth-order valence-electron chi connectivity index (χ4n) is 2.37. The smallest absolute Gasteiger partial charge is 0.0622 e. The number of hydrogen-bond acceptors (Lipinski definition) is 3. The molecule has 3 nitrogen and oxygen atoms in total. The summed E-state index contributed by atoms with van der Waals surface area (Å²) in [4.78, 5) is 2.38. The van der Waals surface area contributed by atoms with Crippen LogP contribution in [0.25, 0.3) is 0 Å². The molecular formula is C14H19N3. The fraction of sp³-hybridized carbons (Fsp3) is 0.500. The number of para-hydroxylation sites is 2. The van der Waals surface area contributed by atoms with Crippen LogP contribution >= 0.6 is 0 Å². The third kappa shape index (κ3) is 2.71. The van der Waals surface area contributed by atoms with Crippen LogP contribution in [0.2, 0.25) is 0 Å². The molecule has 0 bridgehead atoms. The molecular weight excluding hydrogens is 210 g/mol. The predicted molar refractivity (Wildman–Crippen MR) is 71.2 cm³/mol. The van der Waals surface area contributed by atoms with Crippen LogP contribution in [0, 0.1) is 11.3 Å². The predicted octanol–water partition coefficient (Wildman–Crippen LogP) is 3.00. The van der Waals surface area contributed by atoms with Gasteiger partial charge in [-0.2, -0.15) is 5.26 Å². The lowest BCUT2D eigenvalue weighted by Gasteiger charge is -2.42. The minimum absolute atomic E-state index is 0.0843. The lowest BCUT2D eigenvalue weighted by Crippen LogP contribution is -2.48. The second-order valence-corrected chi connectivity index (χ2v) is 5.21. The first kappa shape index (κ1) is 11.8. The van der Waals surface area contributed by atoms with Gasteiger partial charge in [0.05, 0.1) is 17.4 Å². The van der Waals surface area contributed by atoms with Crippen LogP contribution < -0.4 is 10.2 Å². The Bertz CT molecular complexity index is 431. The molecule has 1 N–H and O–H groups in total. The number of unbranched alkanes of at least 4 members (excludes halogenated alkanes) is 1. The Hall–Kier alpha value is -1.69. The Morgan fingerprint density at radius 2 is 2.18 bits per heavy atom. The Morgan fingerprint density at radius 3 is 2.94 bits per heavy atom. The Morgan fingerprint density at radius 1 is 1.41 bits per heavy atom. The van der Waals surface area contributed by atoms with Gasteiger partial charge in [-0.15, -0.1) is 0 Å². The van der Waals surface area contributed by atoms with Gasteiger partial charge in [-0.25, -0.2) is 0 Å². The highest BCUT2D eigenvalue weighted by molar-refractivity contribution is 5.73. The lowest BCUT2D eigenvalue weighted by atomic mass is 9.99. The number of rotatable bonds is 3. The van der Waals surface area contributed by atoms with E-state index in [0.29, 0.717) is 6.42 Å². The molecule has 0 spiro atoms. The van der Waals surface area contributed by atoms with E-state index in [1.54, 1.807) is 0 Å². The molecule has 17 heavy (non-hydrogen) atoms. The molecule has 2 rings (SSSR count). The second kappa shape index (κ2) is 4.67. The van der Waals surface area contributed by atoms with Crippen molar-refractivity contribution in [1.29, 1.82) is 5.26 Å². The summed E-state index contributed by atoms with van der Waals surface area (Å²) in [6.07, 6.45) is 1.56. The van der Waals surface area contributed by atoms with Crippen molar-refractivity contribution in [2.75, 3.05) is 23.3 Å². The molecule has 0 aromatic heterocycles. The summed E-state index contributed by atoms with van der Waals surface area (Å²) in [5.41, 5.74) is 2.53. The summed E-state index contributed by atoms with van der Waals surface area (Å²) in [6.45, 7) is 6.35. The third-order valence-corrected chi connectivity index (χ3v) is 3.02. The van der Waals surface area contributed by atoms with E-state index in [1.807, 2.05) is 0 Å². The summed E-state index contributed by atoms with van der Waals surface area (Å²) in [7, 11) is 0. The first-order valence-corrected chi connectivity index (χ1v) is 6.11. The summed E-state index contributed by atoms with van der Waals surface area (Å²) in [5, 5.41) is 12.2. The molecule has 1 aromatic rings. The molecule has 3 heteroatoms. The van der Waals surface area contributed by atoms with Crippen molar-refractivity contribution in [3.05, 3.63) is 24.3 Å². The van der Waals surface area contributed by atoms with Gasteiger partial charge in [0.15, 0.2) is 0 Å². The molecule has 0 radical (unpaired) electrons. The molecule has 0 amide bonds. The Balaban J connectivity index is 2.18. The molecule has 1 heterocycles. The number of benzene rings is 1. The normalized spacial score (nSPS) is 16.9. The minimum Gasteiger partial charge on any atom is -0.377 e. The molecule has 1 aromatic carbocycles. The zero-order chi connectivity index (χ0) is 12.3. The molecule has 0 fully saturated rings. The van der Waals surface area contributed by atoms with E-state index in [4.69, 9.17) is 5.26 Å². The molecule has 90 valence electrons. The molecule has 0 saturated carbocycles. The fourth-order valence-corrected chi connectivity index (χ4v) is 2.37. The number of nitrogens with one attached hydrogen (secondary N) is 1. The van der Waals surface area contributed by atoms with Gasteiger partial charge in [-0.1, -0.05) is 12.1 Å². The van der Waals surface area contributed by atoms with Crippen molar-refractivity contribution in [3.63, 3.8) is 0 Å². The SMILES string of the molecule is CC1(C)CN(CCCC#N)c2ccccc2N1. The molecule has 0 unspecified atom stereocenters. The molecule has 0 aliphatic carbocycles. The number of hydrogen-bond donors (Lipinski definition) is 1. The first-order chi connectivity index (χ1) is 8.12. The largest absolute Gasteiger partial charge is 0.377 e. The van der Waals surface area contributed by atoms with Crippen LogP contribution in [-0.2, 0) is 0 Å². The minimum atomic E-state index is 0.0843. The van der Waals surface area contributed by atoms with Gasteiger partial charge in [0.1, 0.15) is 0 Å². The van der Waals surface area contributed by atoms with Crippen molar-refractivity contribution < 1.29 is 0 Å². The van der Waals surface area contributed by atoms with E-state index in [9.17, 15) is 0 Å². The molecule has 0 atom stereocenters. The first-order valence-electron chi connectivity index (χ1n) is 6.11. The van der Waals surface area contributed by atoms with Crippen molar-refractivity contribution >= 4 is 11.4 Å². The van der Waals surface area contributed by atoms with Crippen molar-refractivity contribution in [3.8, 4) is 6.07 Å². The summed E-state index contributed by atoms with van der Waals surface area (Å²) >= 11 is 0. The van der Waals surface area contributed by atoms with E-state index >= 15 is 0 Å². The van der Waals surface area contributed by atoms with Crippen molar-refractivity contribution in [1.82, 2.24) is 0 Å². The molecule has 0 saturated heterocycles. The highest BCUT2D eigenvalue weighted by atomic mass is 15.2. The van der Waals surface area contributed by atoms with Crippen LogP contribution in [0.5, 0.6) is 0 Å². The highest BCUT2D eigenvalue weighted by Crippen LogP contribution is 2.34. The van der Waals surface area contributed by atoms with Gasteiger partial charge in [-0.3, -0.25) is 0 Å². The van der Waals surface area contributed by atoms with Crippen LogP contribution in [0.4, 0.5) is 11.4 Å². The van der Waals surface area contributed by atoms with Gasteiger partial charge in [0, 0.05) is 25.0 Å². The average Bonchev–Trinajstić information content (AvgIpc) is 2.28. The summed E-state index contributed by atoms with van der Waals surface area (Å²) in [5.74, 6) is 0. The summed E-state index contributed by atoms with van der Waals surface area (Å²) in [6, 6.07) is 10.6. The number of nitriles is 1.